The lowest BCUT2D eigenvalue weighted by molar-refractivity contribution is -0.137. The van der Waals surface area contributed by atoms with Gasteiger partial charge in [-0.3, -0.25) is 0 Å². The summed E-state index contributed by atoms with van der Waals surface area (Å²) in [6, 6.07) is 9.69. The second-order valence-electron chi connectivity index (χ2n) is 4.79. The first-order valence-corrected chi connectivity index (χ1v) is 5.63. The second kappa shape index (κ2) is 3.95. The van der Waals surface area contributed by atoms with Crippen LogP contribution >= 0.6 is 0 Å². The highest BCUT2D eigenvalue weighted by molar-refractivity contribution is 5.22. The summed E-state index contributed by atoms with van der Waals surface area (Å²) < 4.78 is 5.70. The molecule has 1 aliphatic rings. The minimum absolute atomic E-state index is 0.204. The fourth-order valence-electron chi connectivity index (χ4n) is 2.11. The lowest BCUT2D eigenvalue weighted by Crippen LogP contribution is -2.57. The molecule has 1 N–H and O–H groups in total. The summed E-state index contributed by atoms with van der Waals surface area (Å²) in [6.45, 7) is 6.27. The maximum atomic E-state index is 10.2. The Kier molecular flexibility index (Phi) is 2.76. The summed E-state index contributed by atoms with van der Waals surface area (Å²) >= 11 is 0. The highest BCUT2D eigenvalue weighted by Crippen LogP contribution is 2.50. The minimum atomic E-state index is -0.762. The first-order valence-electron chi connectivity index (χ1n) is 5.63. The molecule has 2 nitrogen and oxygen atoms in total. The van der Waals surface area contributed by atoms with Gasteiger partial charge in [-0.05, 0) is 25.0 Å². The van der Waals surface area contributed by atoms with Gasteiger partial charge in [0.15, 0.2) is 0 Å². The van der Waals surface area contributed by atoms with Gasteiger partial charge in [0, 0.05) is 5.41 Å². The van der Waals surface area contributed by atoms with Crippen LogP contribution in [0.3, 0.4) is 0 Å². The molecule has 1 aliphatic carbocycles. The Morgan fingerprint density at radius 2 is 2.06 bits per heavy atom. The van der Waals surface area contributed by atoms with E-state index in [1.807, 2.05) is 37.3 Å². The van der Waals surface area contributed by atoms with E-state index in [-0.39, 0.29) is 5.41 Å². The summed E-state index contributed by atoms with van der Waals surface area (Å²) in [7, 11) is 0. The Labute approximate surface area is 96.6 Å². The first-order chi connectivity index (χ1) is 7.60. The predicted molar refractivity (Wildman–Crippen MR) is 64.4 cm³/mol. The maximum absolute atomic E-state index is 10.2. The molecule has 2 atom stereocenters. The lowest BCUT2D eigenvalue weighted by atomic mass is 9.58. The topological polar surface area (TPSA) is 29.5 Å². The molecule has 0 radical (unpaired) electrons. The summed E-state index contributed by atoms with van der Waals surface area (Å²) in [5, 5.41) is 10.2. The number of hydrogen-bond donors (Lipinski definition) is 1. The summed E-state index contributed by atoms with van der Waals surface area (Å²) in [4.78, 5) is 0. The number of para-hydroxylation sites is 1. The van der Waals surface area contributed by atoms with E-state index in [1.54, 1.807) is 6.08 Å². The van der Waals surface area contributed by atoms with Crippen LogP contribution in [0.15, 0.2) is 43.0 Å². The summed E-state index contributed by atoms with van der Waals surface area (Å²) in [5.41, 5.74) is -0.966. The zero-order valence-corrected chi connectivity index (χ0v) is 9.65. The van der Waals surface area contributed by atoms with Gasteiger partial charge in [-0.2, -0.15) is 0 Å². The molecular formula is C14H18O2. The van der Waals surface area contributed by atoms with E-state index >= 15 is 0 Å². The van der Waals surface area contributed by atoms with Crippen molar-refractivity contribution in [1.29, 1.82) is 0 Å². The third-order valence-electron chi connectivity index (χ3n) is 3.74. The zero-order chi connectivity index (χ0) is 11.6. The standard InChI is InChI=1S/C14H18O2/c1-3-14(15)10-9-13(14,2)11-16-12-7-5-4-6-8-12/h3-8,15H,1,9-11H2,2H3/t13-,14-/m0/s1. The van der Waals surface area contributed by atoms with Gasteiger partial charge in [0.2, 0.25) is 0 Å². The molecule has 0 aromatic heterocycles. The van der Waals surface area contributed by atoms with Crippen LogP contribution in [0.5, 0.6) is 5.75 Å². The Morgan fingerprint density at radius 3 is 2.56 bits per heavy atom. The number of benzene rings is 1. The van der Waals surface area contributed by atoms with E-state index in [9.17, 15) is 5.11 Å². The van der Waals surface area contributed by atoms with Crippen molar-refractivity contribution in [2.45, 2.75) is 25.4 Å². The Bertz CT molecular complexity index is 374. The molecule has 0 unspecified atom stereocenters. The number of rotatable bonds is 4. The van der Waals surface area contributed by atoms with Gasteiger partial charge in [0.05, 0.1) is 12.2 Å². The van der Waals surface area contributed by atoms with Crippen molar-refractivity contribution in [2.75, 3.05) is 6.61 Å². The Hall–Kier alpha value is -1.28. The van der Waals surface area contributed by atoms with Crippen LogP contribution in [0.4, 0.5) is 0 Å². The minimum Gasteiger partial charge on any atom is -0.493 e. The molecule has 86 valence electrons. The van der Waals surface area contributed by atoms with Crippen molar-refractivity contribution in [3.05, 3.63) is 43.0 Å². The van der Waals surface area contributed by atoms with Gasteiger partial charge in [-0.25, -0.2) is 0 Å². The monoisotopic (exact) mass is 218 g/mol. The van der Waals surface area contributed by atoms with Crippen LogP contribution in [0.1, 0.15) is 19.8 Å². The summed E-state index contributed by atoms with van der Waals surface area (Å²) in [5.74, 6) is 0.849. The molecule has 1 aromatic rings. The fraction of sp³-hybridized carbons (Fsp3) is 0.429. The maximum Gasteiger partial charge on any atom is 0.119 e. The normalized spacial score (nSPS) is 32.9. The quantitative estimate of drug-likeness (QED) is 0.787. The molecule has 0 saturated heterocycles. The molecule has 2 heteroatoms. The number of aliphatic hydroxyl groups is 1. The van der Waals surface area contributed by atoms with Crippen LogP contribution in [-0.2, 0) is 0 Å². The third-order valence-corrected chi connectivity index (χ3v) is 3.74. The molecule has 1 fully saturated rings. The van der Waals surface area contributed by atoms with E-state index in [0.29, 0.717) is 6.61 Å². The van der Waals surface area contributed by atoms with Gasteiger partial charge in [0.1, 0.15) is 5.75 Å². The van der Waals surface area contributed by atoms with Crippen LogP contribution in [0.25, 0.3) is 0 Å². The van der Waals surface area contributed by atoms with Gasteiger partial charge in [-0.15, -0.1) is 6.58 Å². The average Bonchev–Trinajstić information content (AvgIpc) is 2.34. The molecule has 2 rings (SSSR count). The smallest absolute Gasteiger partial charge is 0.119 e. The number of hydrogen-bond acceptors (Lipinski definition) is 2. The molecule has 1 saturated carbocycles. The van der Waals surface area contributed by atoms with Gasteiger partial charge < -0.3 is 9.84 Å². The lowest BCUT2D eigenvalue weighted by Gasteiger charge is -2.52. The molecule has 0 aliphatic heterocycles. The molecule has 0 amide bonds. The zero-order valence-electron chi connectivity index (χ0n) is 9.65. The van der Waals surface area contributed by atoms with E-state index in [4.69, 9.17) is 4.74 Å². The van der Waals surface area contributed by atoms with Crippen molar-refractivity contribution < 1.29 is 9.84 Å². The van der Waals surface area contributed by atoms with Crippen LogP contribution in [-0.4, -0.2) is 17.3 Å². The highest BCUT2D eigenvalue weighted by atomic mass is 16.5. The van der Waals surface area contributed by atoms with E-state index < -0.39 is 5.60 Å². The fourth-order valence-corrected chi connectivity index (χ4v) is 2.11. The molecular weight excluding hydrogens is 200 g/mol. The van der Waals surface area contributed by atoms with Crippen LogP contribution in [0, 0.1) is 5.41 Å². The molecule has 0 heterocycles. The predicted octanol–water partition coefficient (Wildman–Crippen LogP) is 2.78. The second-order valence-corrected chi connectivity index (χ2v) is 4.79. The van der Waals surface area contributed by atoms with Gasteiger partial charge >= 0.3 is 0 Å². The number of ether oxygens (including phenoxy) is 1. The molecule has 1 aromatic carbocycles. The first kappa shape index (κ1) is 11.2. The largest absolute Gasteiger partial charge is 0.493 e. The van der Waals surface area contributed by atoms with Crippen molar-refractivity contribution in [3.8, 4) is 5.75 Å². The van der Waals surface area contributed by atoms with Crippen molar-refractivity contribution in [2.24, 2.45) is 5.41 Å². The Morgan fingerprint density at radius 1 is 1.38 bits per heavy atom. The van der Waals surface area contributed by atoms with E-state index in [2.05, 4.69) is 6.58 Å². The van der Waals surface area contributed by atoms with Crippen molar-refractivity contribution in [3.63, 3.8) is 0 Å². The average molecular weight is 218 g/mol. The summed E-state index contributed by atoms with van der Waals surface area (Å²) in [6.07, 6.45) is 3.40. The molecule has 0 spiro atoms. The van der Waals surface area contributed by atoms with Gasteiger partial charge in [-0.1, -0.05) is 31.2 Å². The van der Waals surface area contributed by atoms with Crippen molar-refractivity contribution in [1.82, 2.24) is 0 Å². The molecule has 16 heavy (non-hydrogen) atoms. The highest BCUT2D eigenvalue weighted by Gasteiger charge is 2.53. The Balaban J connectivity index is 1.98. The third kappa shape index (κ3) is 1.74. The van der Waals surface area contributed by atoms with Crippen LogP contribution < -0.4 is 4.74 Å². The van der Waals surface area contributed by atoms with Crippen LogP contribution in [0.2, 0.25) is 0 Å². The van der Waals surface area contributed by atoms with Gasteiger partial charge in [0.25, 0.3) is 0 Å². The molecule has 0 bridgehead atoms. The van der Waals surface area contributed by atoms with E-state index in [0.717, 1.165) is 18.6 Å². The van der Waals surface area contributed by atoms with Crippen molar-refractivity contribution >= 4 is 0 Å². The SMILES string of the molecule is C=C[C@]1(O)CC[C@@]1(C)COc1ccccc1. The van der Waals surface area contributed by atoms with E-state index in [1.165, 1.54) is 0 Å².